The molecule has 2 aromatic rings. The third-order valence-corrected chi connectivity index (χ3v) is 4.23. The maximum atomic E-state index is 3.61. The van der Waals surface area contributed by atoms with E-state index < -0.39 is 0 Å². The van der Waals surface area contributed by atoms with Crippen LogP contribution in [0.5, 0.6) is 0 Å². The van der Waals surface area contributed by atoms with E-state index in [1.165, 1.54) is 21.1 Å². The second-order valence-electron chi connectivity index (χ2n) is 5.11. The van der Waals surface area contributed by atoms with Gasteiger partial charge in [0.25, 0.3) is 0 Å². The van der Waals surface area contributed by atoms with Crippen LogP contribution >= 0.6 is 22.6 Å². The largest absolute Gasteiger partial charge is 0.314 e. The monoisotopic (exact) mass is 379 g/mol. The van der Waals surface area contributed by atoms with Crippen molar-refractivity contribution in [1.29, 1.82) is 0 Å². The standard InChI is InChI=1S/C18H22IN/c1-2-20-18(13-10-15-6-4-3-5-7-15)14-16-8-11-17(19)12-9-16/h3-9,11-12,18,20H,2,10,13-14H2,1H3. The third-order valence-electron chi connectivity index (χ3n) is 3.51. The Kier molecular flexibility index (Phi) is 6.54. The highest BCUT2D eigenvalue weighted by atomic mass is 127. The van der Waals surface area contributed by atoms with E-state index in [9.17, 15) is 0 Å². The summed E-state index contributed by atoms with van der Waals surface area (Å²) in [4.78, 5) is 0. The van der Waals surface area contributed by atoms with Gasteiger partial charge in [-0.15, -0.1) is 0 Å². The Bertz CT molecular complexity index is 493. The van der Waals surface area contributed by atoms with Gasteiger partial charge in [-0.25, -0.2) is 0 Å². The molecule has 0 spiro atoms. The van der Waals surface area contributed by atoms with Gasteiger partial charge in [-0.1, -0.05) is 49.4 Å². The summed E-state index contributed by atoms with van der Waals surface area (Å²) >= 11 is 2.36. The van der Waals surface area contributed by atoms with E-state index in [1.54, 1.807) is 0 Å². The van der Waals surface area contributed by atoms with Crippen LogP contribution in [0.1, 0.15) is 24.5 Å². The molecular weight excluding hydrogens is 357 g/mol. The van der Waals surface area contributed by atoms with Gasteiger partial charge < -0.3 is 5.32 Å². The van der Waals surface area contributed by atoms with Crippen LogP contribution in [0.25, 0.3) is 0 Å². The van der Waals surface area contributed by atoms with Crippen molar-refractivity contribution in [3.8, 4) is 0 Å². The van der Waals surface area contributed by atoms with Crippen LogP contribution in [-0.4, -0.2) is 12.6 Å². The molecule has 0 aromatic heterocycles. The first kappa shape index (κ1) is 15.5. The lowest BCUT2D eigenvalue weighted by Gasteiger charge is -2.18. The van der Waals surface area contributed by atoms with E-state index in [2.05, 4.69) is 89.4 Å². The second-order valence-corrected chi connectivity index (χ2v) is 6.36. The number of aryl methyl sites for hydroxylation is 1. The van der Waals surface area contributed by atoms with Crippen LogP contribution in [0, 0.1) is 3.57 Å². The summed E-state index contributed by atoms with van der Waals surface area (Å²) in [6.45, 7) is 3.22. The lowest BCUT2D eigenvalue weighted by atomic mass is 9.99. The molecule has 0 saturated carbocycles. The molecule has 0 radical (unpaired) electrons. The molecule has 1 atom stereocenters. The summed E-state index contributed by atoms with van der Waals surface area (Å²) in [5.41, 5.74) is 2.85. The zero-order valence-electron chi connectivity index (χ0n) is 12.0. The molecule has 2 heteroatoms. The van der Waals surface area contributed by atoms with Crippen molar-refractivity contribution < 1.29 is 0 Å². The zero-order chi connectivity index (χ0) is 14.2. The predicted octanol–water partition coefficient (Wildman–Crippen LogP) is 4.44. The average molecular weight is 379 g/mol. The van der Waals surface area contributed by atoms with E-state index in [0.29, 0.717) is 6.04 Å². The number of hydrogen-bond acceptors (Lipinski definition) is 1. The smallest absolute Gasteiger partial charge is 0.0130 e. The molecule has 2 aromatic carbocycles. The Balaban J connectivity index is 1.91. The van der Waals surface area contributed by atoms with Crippen LogP contribution in [0.3, 0.4) is 0 Å². The lowest BCUT2D eigenvalue weighted by Crippen LogP contribution is -2.31. The van der Waals surface area contributed by atoms with Crippen molar-refractivity contribution in [2.75, 3.05) is 6.54 Å². The van der Waals surface area contributed by atoms with Gasteiger partial charge in [0.1, 0.15) is 0 Å². The number of rotatable bonds is 7. The van der Waals surface area contributed by atoms with E-state index in [0.717, 1.165) is 19.4 Å². The van der Waals surface area contributed by atoms with Gasteiger partial charge in [-0.3, -0.25) is 0 Å². The lowest BCUT2D eigenvalue weighted by molar-refractivity contribution is 0.491. The van der Waals surface area contributed by atoms with Gasteiger partial charge in [0.2, 0.25) is 0 Å². The molecule has 0 aliphatic heterocycles. The normalized spacial score (nSPS) is 12.3. The van der Waals surface area contributed by atoms with Gasteiger partial charge in [-0.2, -0.15) is 0 Å². The SMILES string of the molecule is CCNC(CCc1ccccc1)Cc1ccc(I)cc1. The first-order chi connectivity index (χ1) is 9.78. The Labute approximate surface area is 135 Å². The van der Waals surface area contributed by atoms with Crippen molar-refractivity contribution in [2.45, 2.75) is 32.2 Å². The number of benzene rings is 2. The van der Waals surface area contributed by atoms with Crippen LogP contribution in [0.15, 0.2) is 54.6 Å². The highest BCUT2D eigenvalue weighted by Gasteiger charge is 2.08. The number of likely N-dealkylation sites (N-methyl/N-ethyl adjacent to an activating group) is 1. The number of halogens is 1. The molecule has 0 aliphatic carbocycles. The molecule has 0 heterocycles. The molecule has 0 amide bonds. The van der Waals surface area contributed by atoms with E-state index >= 15 is 0 Å². The fraction of sp³-hybridized carbons (Fsp3) is 0.333. The average Bonchev–Trinajstić information content (AvgIpc) is 2.48. The van der Waals surface area contributed by atoms with Crippen LogP contribution in [0.4, 0.5) is 0 Å². The van der Waals surface area contributed by atoms with Gasteiger partial charge in [0.05, 0.1) is 0 Å². The summed E-state index contributed by atoms with van der Waals surface area (Å²) in [5, 5.41) is 3.61. The fourth-order valence-electron chi connectivity index (χ4n) is 2.46. The molecule has 20 heavy (non-hydrogen) atoms. The molecular formula is C18H22IN. The van der Waals surface area contributed by atoms with Gasteiger partial charge in [0, 0.05) is 9.61 Å². The van der Waals surface area contributed by atoms with Crippen LogP contribution in [-0.2, 0) is 12.8 Å². The Morgan fingerprint density at radius 3 is 2.30 bits per heavy atom. The first-order valence-corrected chi connectivity index (χ1v) is 8.37. The molecule has 106 valence electrons. The Hall–Kier alpha value is -0.870. The highest BCUT2D eigenvalue weighted by Crippen LogP contribution is 2.12. The Morgan fingerprint density at radius 1 is 0.950 bits per heavy atom. The number of nitrogens with one attached hydrogen (secondary N) is 1. The van der Waals surface area contributed by atoms with Crippen LogP contribution in [0.2, 0.25) is 0 Å². The van der Waals surface area contributed by atoms with E-state index in [-0.39, 0.29) is 0 Å². The maximum Gasteiger partial charge on any atom is 0.0130 e. The Morgan fingerprint density at radius 2 is 1.65 bits per heavy atom. The summed E-state index contributed by atoms with van der Waals surface area (Å²) in [7, 11) is 0. The van der Waals surface area contributed by atoms with Gasteiger partial charge in [-0.05, 0) is 71.7 Å². The van der Waals surface area contributed by atoms with Crippen molar-refractivity contribution >= 4 is 22.6 Å². The first-order valence-electron chi connectivity index (χ1n) is 7.29. The van der Waals surface area contributed by atoms with Crippen molar-refractivity contribution in [1.82, 2.24) is 5.32 Å². The number of hydrogen-bond donors (Lipinski definition) is 1. The molecule has 1 unspecified atom stereocenters. The third kappa shape index (κ3) is 5.25. The molecule has 0 saturated heterocycles. The van der Waals surface area contributed by atoms with Crippen molar-refractivity contribution in [2.24, 2.45) is 0 Å². The second kappa shape index (κ2) is 8.42. The molecule has 0 fully saturated rings. The minimum absolute atomic E-state index is 0.556. The highest BCUT2D eigenvalue weighted by molar-refractivity contribution is 14.1. The van der Waals surface area contributed by atoms with Gasteiger partial charge >= 0.3 is 0 Å². The van der Waals surface area contributed by atoms with E-state index in [4.69, 9.17) is 0 Å². The maximum absolute atomic E-state index is 3.61. The molecule has 0 aliphatic rings. The quantitative estimate of drug-likeness (QED) is 0.702. The van der Waals surface area contributed by atoms with Crippen LogP contribution < -0.4 is 5.32 Å². The predicted molar refractivity (Wildman–Crippen MR) is 95.1 cm³/mol. The van der Waals surface area contributed by atoms with Crippen molar-refractivity contribution in [3.05, 3.63) is 69.3 Å². The molecule has 1 nitrogen and oxygen atoms in total. The van der Waals surface area contributed by atoms with Gasteiger partial charge in [0.15, 0.2) is 0 Å². The molecule has 2 rings (SSSR count). The summed E-state index contributed by atoms with van der Waals surface area (Å²) < 4.78 is 1.30. The molecule has 0 bridgehead atoms. The minimum Gasteiger partial charge on any atom is -0.314 e. The zero-order valence-corrected chi connectivity index (χ0v) is 14.1. The van der Waals surface area contributed by atoms with E-state index in [1.807, 2.05) is 0 Å². The molecule has 1 N–H and O–H groups in total. The summed E-state index contributed by atoms with van der Waals surface area (Å²) in [5.74, 6) is 0. The van der Waals surface area contributed by atoms with Crippen molar-refractivity contribution in [3.63, 3.8) is 0 Å². The minimum atomic E-state index is 0.556. The summed E-state index contributed by atoms with van der Waals surface area (Å²) in [6.07, 6.45) is 3.43. The topological polar surface area (TPSA) is 12.0 Å². The fourth-order valence-corrected chi connectivity index (χ4v) is 2.82. The summed E-state index contributed by atoms with van der Waals surface area (Å²) in [6, 6.07) is 20.2.